The van der Waals surface area contributed by atoms with Crippen molar-refractivity contribution in [3.8, 4) is 11.5 Å². The molecular formula is C16H18N2O6. The molecule has 0 atom stereocenters. The molecule has 8 heteroatoms. The molecule has 1 aliphatic heterocycles. The van der Waals surface area contributed by atoms with Gasteiger partial charge in [0.15, 0.2) is 11.5 Å². The van der Waals surface area contributed by atoms with Gasteiger partial charge in [-0.1, -0.05) is 0 Å². The summed E-state index contributed by atoms with van der Waals surface area (Å²) in [7, 11) is 1.24. The van der Waals surface area contributed by atoms with Gasteiger partial charge in [0.2, 0.25) is 0 Å². The summed E-state index contributed by atoms with van der Waals surface area (Å²) in [5.74, 6) is 0.0877. The van der Waals surface area contributed by atoms with Crippen molar-refractivity contribution in [3.63, 3.8) is 0 Å². The molecule has 0 aromatic carbocycles. The first kappa shape index (κ1) is 16.1. The highest BCUT2D eigenvalue weighted by Gasteiger charge is 2.30. The molecule has 0 N–H and O–H groups in total. The molecule has 128 valence electrons. The summed E-state index contributed by atoms with van der Waals surface area (Å²) in [5, 5.41) is 0. The van der Waals surface area contributed by atoms with Gasteiger partial charge in [0.05, 0.1) is 18.8 Å². The first-order valence-corrected chi connectivity index (χ1v) is 7.43. The van der Waals surface area contributed by atoms with Gasteiger partial charge in [-0.2, -0.15) is 0 Å². The Morgan fingerprint density at radius 1 is 1.25 bits per heavy atom. The highest BCUT2D eigenvalue weighted by molar-refractivity contribution is 6.02. The van der Waals surface area contributed by atoms with Crippen molar-refractivity contribution in [1.29, 1.82) is 0 Å². The highest BCUT2D eigenvalue weighted by atomic mass is 16.6. The molecule has 0 aliphatic carbocycles. The molecule has 0 radical (unpaired) electrons. The maximum Gasteiger partial charge on any atom is 0.419 e. The highest BCUT2D eigenvalue weighted by Crippen LogP contribution is 2.38. The summed E-state index contributed by atoms with van der Waals surface area (Å²) in [5.41, 5.74) is 0.00456. The standard InChI is InChI=1S/C16H18N2O6/c1-16(2,3)24-15(20)18-10(14(19)21-4)7-9-12(18)13-11(8-17-9)22-5-6-23-13/h7-8H,5-6H2,1-4H3. The van der Waals surface area contributed by atoms with Crippen molar-refractivity contribution < 1.29 is 28.5 Å². The normalized spacial score (nSPS) is 13.7. The number of fused-ring (bicyclic) bond motifs is 3. The van der Waals surface area contributed by atoms with E-state index in [4.69, 9.17) is 18.9 Å². The van der Waals surface area contributed by atoms with E-state index in [1.807, 2.05) is 0 Å². The number of nitrogens with zero attached hydrogens (tertiary/aromatic N) is 2. The molecule has 1 aliphatic rings. The predicted octanol–water partition coefficient (Wildman–Crippen LogP) is 2.38. The monoisotopic (exact) mass is 334 g/mol. The van der Waals surface area contributed by atoms with Crippen LogP contribution in [0.15, 0.2) is 12.3 Å². The smallest absolute Gasteiger partial charge is 0.419 e. The van der Waals surface area contributed by atoms with Crippen molar-refractivity contribution in [1.82, 2.24) is 9.55 Å². The number of ether oxygens (including phenoxy) is 4. The Morgan fingerprint density at radius 3 is 2.62 bits per heavy atom. The summed E-state index contributed by atoms with van der Waals surface area (Å²) in [6.07, 6.45) is 0.777. The zero-order valence-corrected chi connectivity index (χ0v) is 13.9. The molecule has 2 aromatic heterocycles. The second-order valence-electron chi connectivity index (χ2n) is 6.22. The van der Waals surface area contributed by atoms with Crippen LogP contribution in [0.1, 0.15) is 31.3 Å². The Kier molecular flexibility index (Phi) is 3.82. The molecule has 0 saturated heterocycles. The molecule has 0 amide bonds. The van der Waals surface area contributed by atoms with Crippen LogP contribution < -0.4 is 9.47 Å². The summed E-state index contributed by atoms with van der Waals surface area (Å²) in [6, 6.07) is 1.46. The first-order valence-electron chi connectivity index (χ1n) is 7.43. The Hall–Kier alpha value is -2.77. The van der Waals surface area contributed by atoms with Crippen LogP contribution in [0.3, 0.4) is 0 Å². The fraction of sp³-hybridized carbons (Fsp3) is 0.438. The number of carbonyl (C=O) groups excluding carboxylic acids is 2. The maximum absolute atomic E-state index is 12.7. The lowest BCUT2D eigenvalue weighted by Gasteiger charge is -2.22. The van der Waals surface area contributed by atoms with Gasteiger partial charge in [-0.05, 0) is 26.8 Å². The molecule has 3 rings (SSSR count). The topological polar surface area (TPSA) is 88.9 Å². The van der Waals surface area contributed by atoms with E-state index < -0.39 is 17.7 Å². The van der Waals surface area contributed by atoms with Crippen LogP contribution in [0.5, 0.6) is 11.5 Å². The minimum Gasteiger partial charge on any atom is -0.484 e. The zero-order chi connectivity index (χ0) is 17.5. The van der Waals surface area contributed by atoms with Crippen LogP contribution in [-0.2, 0) is 9.47 Å². The van der Waals surface area contributed by atoms with Gasteiger partial charge in [-0.15, -0.1) is 0 Å². The molecule has 3 heterocycles. The van der Waals surface area contributed by atoms with Gasteiger partial charge in [-0.25, -0.2) is 14.2 Å². The minimum absolute atomic E-state index is 0.0109. The molecule has 0 bridgehead atoms. The second kappa shape index (κ2) is 5.70. The SMILES string of the molecule is COC(=O)c1cc2ncc3c(c2n1C(=O)OC(C)(C)C)OCCO3. The maximum atomic E-state index is 12.7. The largest absolute Gasteiger partial charge is 0.484 e. The molecular weight excluding hydrogens is 316 g/mol. The van der Waals surface area contributed by atoms with E-state index in [1.54, 1.807) is 20.8 Å². The number of esters is 1. The van der Waals surface area contributed by atoms with Crippen LogP contribution in [0, 0.1) is 0 Å². The van der Waals surface area contributed by atoms with Crippen LogP contribution in [0.25, 0.3) is 11.0 Å². The third-order valence-electron chi connectivity index (χ3n) is 3.30. The van der Waals surface area contributed by atoms with E-state index in [-0.39, 0.29) is 5.69 Å². The van der Waals surface area contributed by atoms with E-state index in [0.717, 1.165) is 4.57 Å². The lowest BCUT2D eigenvalue weighted by Crippen LogP contribution is -2.29. The van der Waals surface area contributed by atoms with E-state index in [2.05, 4.69) is 4.98 Å². The van der Waals surface area contributed by atoms with Crippen molar-refractivity contribution >= 4 is 23.1 Å². The summed E-state index contributed by atoms with van der Waals surface area (Å²) in [4.78, 5) is 29.0. The number of pyridine rings is 1. The van der Waals surface area contributed by atoms with Gasteiger partial charge >= 0.3 is 12.1 Å². The van der Waals surface area contributed by atoms with Gasteiger partial charge in [0, 0.05) is 0 Å². The van der Waals surface area contributed by atoms with Crippen molar-refractivity contribution in [2.75, 3.05) is 20.3 Å². The molecule has 8 nitrogen and oxygen atoms in total. The summed E-state index contributed by atoms with van der Waals surface area (Å²) < 4.78 is 22.4. The predicted molar refractivity (Wildman–Crippen MR) is 83.7 cm³/mol. The van der Waals surface area contributed by atoms with E-state index >= 15 is 0 Å². The molecule has 0 unspecified atom stereocenters. The number of rotatable bonds is 1. The summed E-state index contributed by atoms with van der Waals surface area (Å²) >= 11 is 0. The number of aromatic nitrogens is 2. The van der Waals surface area contributed by atoms with Crippen molar-refractivity contribution in [2.45, 2.75) is 26.4 Å². The van der Waals surface area contributed by atoms with Crippen LogP contribution >= 0.6 is 0 Å². The third-order valence-corrected chi connectivity index (χ3v) is 3.30. The molecule has 24 heavy (non-hydrogen) atoms. The van der Waals surface area contributed by atoms with Gasteiger partial charge in [-0.3, -0.25) is 4.98 Å². The fourth-order valence-corrected chi connectivity index (χ4v) is 2.41. The number of hydrogen-bond donors (Lipinski definition) is 0. The van der Waals surface area contributed by atoms with Crippen LogP contribution in [-0.4, -0.2) is 47.5 Å². The Morgan fingerprint density at radius 2 is 1.96 bits per heavy atom. The quantitative estimate of drug-likeness (QED) is 0.740. The molecule has 0 saturated carbocycles. The van der Waals surface area contributed by atoms with Crippen LogP contribution in [0.4, 0.5) is 4.79 Å². The zero-order valence-electron chi connectivity index (χ0n) is 13.9. The third kappa shape index (κ3) is 2.75. The minimum atomic E-state index is -0.735. The first-order chi connectivity index (χ1) is 11.3. The average Bonchev–Trinajstić information content (AvgIpc) is 2.92. The lowest BCUT2D eigenvalue weighted by molar-refractivity contribution is 0.0488. The van der Waals surface area contributed by atoms with Gasteiger partial charge in [0.1, 0.15) is 30.0 Å². The number of carbonyl (C=O) groups is 2. The Bertz CT molecular complexity index is 818. The second-order valence-corrected chi connectivity index (χ2v) is 6.22. The fourth-order valence-electron chi connectivity index (χ4n) is 2.41. The Labute approximate surface area is 138 Å². The van der Waals surface area contributed by atoms with Gasteiger partial charge in [0.25, 0.3) is 0 Å². The number of hydrogen-bond acceptors (Lipinski definition) is 7. The van der Waals surface area contributed by atoms with E-state index in [9.17, 15) is 9.59 Å². The van der Waals surface area contributed by atoms with E-state index in [0.29, 0.717) is 35.7 Å². The molecule has 0 spiro atoms. The lowest BCUT2D eigenvalue weighted by atomic mass is 10.2. The van der Waals surface area contributed by atoms with Crippen LogP contribution in [0.2, 0.25) is 0 Å². The van der Waals surface area contributed by atoms with Crippen molar-refractivity contribution in [2.24, 2.45) is 0 Å². The van der Waals surface area contributed by atoms with Crippen molar-refractivity contribution in [3.05, 3.63) is 18.0 Å². The molecule has 2 aromatic rings. The van der Waals surface area contributed by atoms with E-state index in [1.165, 1.54) is 19.4 Å². The number of methoxy groups -OCH3 is 1. The molecule has 0 fully saturated rings. The summed E-state index contributed by atoms with van der Waals surface area (Å²) in [6.45, 7) is 5.93. The Balaban J connectivity index is 2.25. The average molecular weight is 334 g/mol. The van der Waals surface area contributed by atoms with Gasteiger partial charge < -0.3 is 18.9 Å².